The van der Waals surface area contributed by atoms with E-state index in [1.807, 2.05) is 11.6 Å². The van der Waals surface area contributed by atoms with Gasteiger partial charge in [0.25, 0.3) is 10.0 Å². The molecule has 3 aliphatic rings. The molecule has 24 heavy (non-hydrogen) atoms. The van der Waals surface area contributed by atoms with Crippen LogP contribution in [-0.4, -0.2) is 20.6 Å². The van der Waals surface area contributed by atoms with Crippen LogP contribution in [0.15, 0.2) is 41.3 Å². The van der Waals surface area contributed by atoms with E-state index in [0.29, 0.717) is 23.7 Å². The highest BCUT2D eigenvalue weighted by Gasteiger charge is 2.53. The molecule has 3 aliphatic carbocycles. The minimum atomic E-state index is -3.89. The molecule has 0 aliphatic heterocycles. The summed E-state index contributed by atoms with van der Waals surface area (Å²) in [5, 5.41) is 0. The van der Waals surface area contributed by atoms with Crippen molar-refractivity contribution in [2.45, 2.75) is 37.2 Å². The van der Waals surface area contributed by atoms with E-state index in [2.05, 4.69) is 12.2 Å². The third-order valence-electron chi connectivity index (χ3n) is 5.76. The summed E-state index contributed by atoms with van der Waals surface area (Å²) in [6.07, 6.45) is 6.49. The first-order chi connectivity index (χ1) is 11.4. The van der Waals surface area contributed by atoms with Crippen LogP contribution < -0.4 is 4.72 Å². The number of ether oxygens (including phenoxy) is 1. The molecule has 0 aromatic heterocycles. The lowest BCUT2D eigenvalue weighted by atomic mass is 9.80. The molecule has 6 heteroatoms. The van der Waals surface area contributed by atoms with Crippen molar-refractivity contribution in [2.75, 3.05) is 0 Å². The molecule has 0 unspecified atom stereocenters. The van der Waals surface area contributed by atoms with Crippen LogP contribution in [0.3, 0.4) is 0 Å². The van der Waals surface area contributed by atoms with E-state index < -0.39 is 16.1 Å². The van der Waals surface area contributed by atoms with Crippen LogP contribution in [0, 0.1) is 30.6 Å². The van der Waals surface area contributed by atoms with Crippen molar-refractivity contribution in [3.05, 3.63) is 42.0 Å². The van der Waals surface area contributed by atoms with E-state index >= 15 is 0 Å². The fourth-order valence-corrected chi connectivity index (χ4v) is 5.55. The highest BCUT2D eigenvalue weighted by Crippen LogP contribution is 2.57. The number of benzene rings is 1. The van der Waals surface area contributed by atoms with Crippen LogP contribution in [0.2, 0.25) is 0 Å². The molecule has 1 amide bonds. The van der Waals surface area contributed by atoms with Crippen LogP contribution in [0.5, 0.6) is 0 Å². The lowest BCUT2D eigenvalue weighted by molar-refractivity contribution is 0.0454. The van der Waals surface area contributed by atoms with E-state index in [0.717, 1.165) is 24.8 Å². The second-order valence-electron chi connectivity index (χ2n) is 7.16. The maximum absolute atomic E-state index is 12.2. The molecule has 1 aromatic rings. The Morgan fingerprint density at radius 2 is 1.92 bits per heavy atom. The Hall–Kier alpha value is -1.82. The normalized spacial score (nSPS) is 33.5. The Balaban J connectivity index is 1.40. The topological polar surface area (TPSA) is 72.5 Å². The minimum Gasteiger partial charge on any atom is -0.445 e. The molecule has 0 heterocycles. The summed E-state index contributed by atoms with van der Waals surface area (Å²) in [6, 6.07) is 6.36. The zero-order valence-electron chi connectivity index (χ0n) is 13.5. The lowest BCUT2D eigenvalue weighted by Crippen LogP contribution is -2.38. The fraction of sp³-hybridized carbons (Fsp3) is 0.500. The number of hydrogen-bond acceptors (Lipinski definition) is 4. The Kier molecular flexibility index (Phi) is 3.67. The molecule has 2 saturated carbocycles. The van der Waals surface area contributed by atoms with Crippen molar-refractivity contribution in [1.82, 2.24) is 4.72 Å². The molecular weight excluding hydrogens is 326 g/mol. The van der Waals surface area contributed by atoms with Gasteiger partial charge in [-0.3, -0.25) is 0 Å². The Morgan fingerprint density at radius 3 is 2.67 bits per heavy atom. The largest absolute Gasteiger partial charge is 0.445 e. The number of carbonyl (C=O) groups excluding carboxylic acids is 1. The first-order valence-electron chi connectivity index (χ1n) is 8.41. The summed E-state index contributed by atoms with van der Waals surface area (Å²) in [6.45, 7) is 1.87. The standard InChI is InChI=1S/C18H21NO4S/c1-11-5-7-13(8-6-11)24(21,22)19-18(20)23-17-10-12-9-16(17)15-4-2-3-14(12)15/h2,4-8,12,14-17H,3,9-10H2,1H3,(H,19,20)/t12-,14-,15+,16+,17+/m1/s1. The highest BCUT2D eigenvalue weighted by molar-refractivity contribution is 7.90. The zero-order chi connectivity index (χ0) is 16.9. The number of amides is 1. The number of carbonyl (C=O) groups is 1. The molecule has 2 bridgehead atoms. The second-order valence-corrected chi connectivity index (χ2v) is 8.85. The van der Waals surface area contributed by atoms with Gasteiger partial charge in [0.15, 0.2) is 0 Å². The van der Waals surface area contributed by atoms with Gasteiger partial charge in [-0.2, -0.15) is 0 Å². The second kappa shape index (κ2) is 5.62. The number of nitrogens with one attached hydrogen (secondary N) is 1. The number of rotatable bonds is 3. The summed E-state index contributed by atoms with van der Waals surface area (Å²) in [5.41, 5.74) is 0.956. The molecule has 1 N–H and O–H groups in total. The first-order valence-corrected chi connectivity index (χ1v) is 9.89. The number of fused-ring (bicyclic) bond motifs is 5. The third kappa shape index (κ3) is 2.62. The van der Waals surface area contributed by atoms with Crippen LogP contribution >= 0.6 is 0 Å². The predicted octanol–water partition coefficient (Wildman–Crippen LogP) is 3.01. The van der Waals surface area contributed by atoms with Crippen molar-refractivity contribution in [3.63, 3.8) is 0 Å². The van der Waals surface area contributed by atoms with Crippen molar-refractivity contribution >= 4 is 16.1 Å². The van der Waals surface area contributed by atoms with E-state index in [1.54, 1.807) is 12.1 Å². The Bertz CT molecular complexity index is 784. The quantitative estimate of drug-likeness (QED) is 0.853. The molecule has 4 rings (SSSR count). The number of hydrogen-bond donors (Lipinski definition) is 1. The highest BCUT2D eigenvalue weighted by atomic mass is 32.2. The smallest absolute Gasteiger partial charge is 0.421 e. The van der Waals surface area contributed by atoms with E-state index in [9.17, 15) is 13.2 Å². The molecular formula is C18H21NO4S. The SMILES string of the molecule is Cc1ccc(S(=O)(=O)NC(=O)O[C@H]2C[C@H]3C[C@H]2[C@H]2C=CC[C@H]32)cc1. The summed E-state index contributed by atoms with van der Waals surface area (Å²) in [5.74, 6) is 2.14. The van der Waals surface area contributed by atoms with Crippen LogP contribution in [0.4, 0.5) is 4.79 Å². The van der Waals surface area contributed by atoms with Crippen LogP contribution in [0.25, 0.3) is 0 Å². The van der Waals surface area contributed by atoms with E-state index in [1.165, 1.54) is 12.1 Å². The molecule has 0 spiro atoms. The van der Waals surface area contributed by atoms with Crippen molar-refractivity contribution in [2.24, 2.45) is 23.7 Å². The number of allylic oxidation sites excluding steroid dienone is 2. The molecule has 128 valence electrons. The van der Waals surface area contributed by atoms with Gasteiger partial charge < -0.3 is 4.74 Å². The van der Waals surface area contributed by atoms with Gasteiger partial charge in [-0.1, -0.05) is 29.8 Å². The van der Waals surface area contributed by atoms with Gasteiger partial charge in [0, 0.05) is 5.92 Å². The molecule has 1 aromatic carbocycles. The van der Waals surface area contributed by atoms with Gasteiger partial charge in [0.2, 0.25) is 0 Å². The monoisotopic (exact) mass is 347 g/mol. The van der Waals surface area contributed by atoms with E-state index in [-0.39, 0.29) is 11.0 Å². The summed E-state index contributed by atoms with van der Waals surface area (Å²) < 4.78 is 32.0. The molecule has 5 atom stereocenters. The number of sulfonamides is 1. The van der Waals surface area contributed by atoms with Gasteiger partial charge >= 0.3 is 6.09 Å². The lowest BCUT2D eigenvalue weighted by Gasteiger charge is -2.30. The van der Waals surface area contributed by atoms with Crippen molar-refractivity contribution < 1.29 is 17.9 Å². The van der Waals surface area contributed by atoms with Crippen LogP contribution in [-0.2, 0) is 14.8 Å². The average Bonchev–Trinajstić information content (AvgIpc) is 3.19. The molecule has 0 saturated heterocycles. The summed E-state index contributed by atoms with van der Waals surface area (Å²) >= 11 is 0. The maximum atomic E-state index is 12.2. The zero-order valence-corrected chi connectivity index (χ0v) is 14.3. The van der Waals surface area contributed by atoms with Crippen molar-refractivity contribution in [3.8, 4) is 0 Å². The first kappa shape index (κ1) is 15.7. The van der Waals surface area contributed by atoms with Gasteiger partial charge in [-0.25, -0.2) is 17.9 Å². The summed E-state index contributed by atoms with van der Waals surface area (Å²) in [4.78, 5) is 12.2. The fourth-order valence-electron chi connectivity index (χ4n) is 4.67. The van der Waals surface area contributed by atoms with Crippen LogP contribution in [0.1, 0.15) is 24.8 Å². The minimum absolute atomic E-state index is 0.0665. The van der Waals surface area contributed by atoms with Gasteiger partial charge in [-0.05, 0) is 56.1 Å². The Labute approximate surface area is 142 Å². The van der Waals surface area contributed by atoms with Gasteiger partial charge in [0.05, 0.1) is 4.90 Å². The van der Waals surface area contributed by atoms with Gasteiger partial charge in [0.1, 0.15) is 6.10 Å². The molecule has 2 fully saturated rings. The molecule has 5 nitrogen and oxygen atoms in total. The number of aryl methyl sites for hydroxylation is 1. The maximum Gasteiger partial charge on any atom is 0.421 e. The third-order valence-corrected chi connectivity index (χ3v) is 7.08. The Morgan fingerprint density at radius 1 is 1.17 bits per heavy atom. The van der Waals surface area contributed by atoms with Gasteiger partial charge in [-0.15, -0.1) is 0 Å². The van der Waals surface area contributed by atoms with E-state index in [4.69, 9.17) is 4.74 Å². The average molecular weight is 347 g/mol. The van der Waals surface area contributed by atoms with Crippen molar-refractivity contribution in [1.29, 1.82) is 0 Å². The molecule has 0 radical (unpaired) electrons. The predicted molar refractivity (Wildman–Crippen MR) is 88.7 cm³/mol. The summed E-state index contributed by atoms with van der Waals surface area (Å²) in [7, 11) is -3.89.